The van der Waals surface area contributed by atoms with Crippen LogP contribution in [0, 0.1) is 0 Å². The maximum absolute atomic E-state index is 11.6. The van der Waals surface area contributed by atoms with Gasteiger partial charge in [0, 0.05) is 12.6 Å². The second-order valence-corrected chi connectivity index (χ2v) is 6.23. The Balaban J connectivity index is 2.26. The number of rotatable bonds is 8. The molecular formula is C15H30N2O2. The van der Waals surface area contributed by atoms with Gasteiger partial charge in [0.25, 0.3) is 0 Å². The smallest absolute Gasteiger partial charge is 0.237 e. The van der Waals surface area contributed by atoms with E-state index < -0.39 is 5.54 Å². The number of carbonyl (C=O) groups excluding carboxylic acids is 1. The van der Waals surface area contributed by atoms with Gasteiger partial charge in [0.15, 0.2) is 0 Å². The van der Waals surface area contributed by atoms with Gasteiger partial charge in [-0.25, -0.2) is 0 Å². The largest absolute Gasteiger partial charge is 0.378 e. The second kappa shape index (κ2) is 7.85. The summed E-state index contributed by atoms with van der Waals surface area (Å²) in [6, 6.07) is 0.247. The van der Waals surface area contributed by atoms with E-state index >= 15 is 0 Å². The van der Waals surface area contributed by atoms with Gasteiger partial charge in [-0.15, -0.1) is 0 Å². The van der Waals surface area contributed by atoms with Gasteiger partial charge in [-0.2, -0.15) is 0 Å². The van der Waals surface area contributed by atoms with E-state index in [4.69, 9.17) is 10.5 Å². The van der Waals surface area contributed by atoms with E-state index in [0.717, 1.165) is 19.4 Å². The van der Waals surface area contributed by atoms with E-state index in [2.05, 4.69) is 5.32 Å². The van der Waals surface area contributed by atoms with Crippen molar-refractivity contribution in [2.24, 2.45) is 5.73 Å². The minimum absolute atomic E-state index is 0.247. The number of primary amides is 1. The van der Waals surface area contributed by atoms with Gasteiger partial charge in [0.05, 0.1) is 11.6 Å². The molecule has 1 saturated carbocycles. The molecule has 0 aromatic heterocycles. The van der Waals surface area contributed by atoms with Crippen molar-refractivity contribution in [3.8, 4) is 0 Å². The van der Waals surface area contributed by atoms with Crippen LogP contribution in [0.2, 0.25) is 0 Å². The summed E-state index contributed by atoms with van der Waals surface area (Å²) in [5.41, 5.74) is 4.88. The molecule has 0 saturated heterocycles. The normalized spacial score (nSPS) is 20.4. The molecule has 0 bridgehead atoms. The molecule has 0 spiro atoms. The highest BCUT2D eigenvalue weighted by atomic mass is 16.5. The first-order valence-electron chi connectivity index (χ1n) is 7.63. The molecule has 4 nitrogen and oxygen atoms in total. The third-order valence-corrected chi connectivity index (χ3v) is 3.88. The number of hydrogen-bond donors (Lipinski definition) is 2. The molecule has 1 rings (SSSR count). The molecule has 0 aromatic rings. The first-order valence-corrected chi connectivity index (χ1v) is 7.63. The molecule has 4 heteroatoms. The van der Waals surface area contributed by atoms with Crippen molar-refractivity contribution in [1.82, 2.24) is 5.32 Å². The van der Waals surface area contributed by atoms with Gasteiger partial charge in [0.2, 0.25) is 5.91 Å². The van der Waals surface area contributed by atoms with E-state index in [1.54, 1.807) is 0 Å². The summed E-state index contributed by atoms with van der Waals surface area (Å²) < 4.78 is 5.88. The van der Waals surface area contributed by atoms with Crippen molar-refractivity contribution in [3.63, 3.8) is 0 Å². The van der Waals surface area contributed by atoms with Crippen LogP contribution >= 0.6 is 0 Å². The predicted molar refractivity (Wildman–Crippen MR) is 77.9 cm³/mol. The quantitative estimate of drug-likeness (QED) is 0.665. The van der Waals surface area contributed by atoms with Crippen molar-refractivity contribution in [2.75, 3.05) is 6.61 Å². The van der Waals surface area contributed by atoms with Crippen molar-refractivity contribution in [1.29, 1.82) is 0 Å². The van der Waals surface area contributed by atoms with E-state index in [0.29, 0.717) is 6.10 Å². The summed E-state index contributed by atoms with van der Waals surface area (Å²) in [4.78, 5) is 11.6. The lowest BCUT2D eigenvalue weighted by Crippen LogP contribution is -2.55. The molecule has 0 radical (unpaired) electrons. The highest BCUT2D eigenvalue weighted by Crippen LogP contribution is 2.21. The third-order valence-electron chi connectivity index (χ3n) is 3.88. The van der Waals surface area contributed by atoms with E-state index in [1.807, 2.05) is 20.8 Å². The molecule has 1 fully saturated rings. The molecule has 0 heterocycles. The van der Waals surface area contributed by atoms with Gasteiger partial charge in [-0.05, 0) is 46.5 Å². The SMILES string of the molecule is CC(C)NC(C)(CCCOC1CCCCC1)C(N)=O. The van der Waals surface area contributed by atoms with Crippen LogP contribution in [0.15, 0.2) is 0 Å². The molecule has 0 aliphatic heterocycles. The fourth-order valence-electron chi connectivity index (χ4n) is 2.81. The average Bonchev–Trinajstić information content (AvgIpc) is 2.35. The molecule has 0 aromatic carbocycles. The minimum Gasteiger partial charge on any atom is -0.378 e. The van der Waals surface area contributed by atoms with Crippen molar-refractivity contribution < 1.29 is 9.53 Å². The number of amides is 1. The number of nitrogens with two attached hydrogens (primary N) is 1. The fraction of sp³-hybridized carbons (Fsp3) is 0.933. The van der Waals surface area contributed by atoms with Gasteiger partial charge in [0.1, 0.15) is 0 Å². The highest BCUT2D eigenvalue weighted by molar-refractivity contribution is 5.84. The van der Waals surface area contributed by atoms with Crippen LogP contribution in [0.4, 0.5) is 0 Å². The van der Waals surface area contributed by atoms with E-state index in [1.165, 1.54) is 32.1 Å². The summed E-state index contributed by atoms with van der Waals surface area (Å²) in [6.45, 7) is 6.67. The van der Waals surface area contributed by atoms with E-state index in [-0.39, 0.29) is 11.9 Å². The highest BCUT2D eigenvalue weighted by Gasteiger charge is 2.30. The van der Waals surface area contributed by atoms with Crippen LogP contribution in [-0.2, 0) is 9.53 Å². The summed E-state index contributed by atoms with van der Waals surface area (Å²) in [5.74, 6) is -0.279. The average molecular weight is 270 g/mol. The fourth-order valence-corrected chi connectivity index (χ4v) is 2.81. The maximum atomic E-state index is 11.6. The van der Waals surface area contributed by atoms with Crippen LogP contribution in [-0.4, -0.2) is 30.2 Å². The first kappa shape index (κ1) is 16.4. The van der Waals surface area contributed by atoms with Gasteiger partial charge in [-0.1, -0.05) is 19.3 Å². The zero-order chi connectivity index (χ0) is 14.3. The Morgan fingerprint density at radius 2 is 2.00 bits per heavy atom. The van der Waals surface area contributed by atoms with Gasteiger partial charge >= 0.3 is 0 Å². The standard InChI is InChI=1S/C15H30N2O2/c1-12(2)17-15(3,14(16)18)10-7-11-19-13-8-5-4-6-9-13/h12-13,17H,4-11H2,1-3H3,(H2,16,18). The molecule has 1 amide bonds. The lowest BCUT2D eigenvalue weighted by atomic mass is 9.94. The van der Waals surface area contributed by atoms with Crippen molar-refractivity contribution in [3.05, 3.63) is 0 Å². The lowest BCUT2D eigenvalue weighted by Gasteiger charge is -2.30. The van der Waals surface area contributed by atoms with Crippen molar-refractivity contribution in [2.45, 2.75) is 83.4 Å². The van der Waals surface area contributed by atoms with Crippen LogP contribution in [0.25, 0.3) is 0 Å². The summed E-state index contributed by atoms with van der Waals surface area (Å²) in [7, 11) is 0. The first-order chi connectivity index (χ1) is 8.94. The number of hydrogen-bond acceptors (Lipinski definition) is 3. The van der Waals surface area contributed by atoms with Crippen molar-refractivity contribution >= 4 is 5.91 Å². The molecule has 19 heavy (non-hydrogen) atoms. The zero-order valence-electron chi connectivity index (χ0n) is 12.7. The molecule has 1 atom stereocenters. The topological polar surface area (TPSA) is 64.3 Å². The Morgan fingerprint density at radius 1 is 1.37 bits per heavy atom. The van der Waals surface area contributed by atoms with Crippen LogP contribution < -0.4 is 11.1 Å². The molecule has 112 valence electrons. The van der Waals surface area contributed by atoms with Crippen LogP contribution in [0.1, 0.15) is 65.7 Å². The summed E-state index contributed by atoms with van der Waals surface area (Å²) in [5, 5.41) is 3.26. The van der Waals surface area contributed by atoms with Gasteiger partial charge in [-0.3, -0.25) is 4.79 Å². The molecule has 3 N–H and O–H groups in total. The lowest BCUT2D eigenvalue weighted by molar-refractivity contribution is -0.124. The molecule has 1 aliphatic carbocycles. The Bertz CT molecular complexity index is 275. The van der Waals surface area contributed by atoms with Crippen LogP contribution in [0.5, 0.6) is 0 Å². The summed E-state index contributed by atoms with van der Waals surface area (Å²) >= 11 is 0. The Kier molecular flexibility index (Phi) is 6.80. The number of nitrogens with one attached hydrogen (secondary N) is 1. The molecule has 1 aliphatic rings. The zero-order valence-corrected chi connectivity index (χ0v) is 12.7. The van der Waals surface area contributed by atoms with Crippen LogP contribution in [0.3, 0.4) is 0 Å². The predicted octanol–water partition coefficient (Wildman–Crippen LogP) is 2.36. The van der Waals surface area contributed by atoms with E-state index in [9.17, 15) is 4.79 Å². The third kappa shape index (κ3) is 5.91. The Hall–Kier alpha value is -0.610. The Labute approximate surface area is 117 Å². The molecular weight excluding hydrogens is 240 g/mol. The minimum atomic E-state index is -0.621. The maximum Gasteiger partial charge on any atom is 0.237 e. The summed E-state index contributed by atoms with van der Waals surface area (Å²) in [6.07, 6.45) is 8.35. The van der Waals surface area contributed by atoms with Gasteiger partial charge < -0.3 is 15.8 Å². The Morgan fingerprint density at radius 3 is 2.53 bits per heavy atom. The molecule has 1 unspecified atom stereocenters. The number of carbonyl (C=O) groups is 1. The monoisotopic (exact) mass is 270 g/mol. The number of ether oxygens (including phenoxy) is 1. The second-order valence-electron chi connectivity index (χ2n) is 6.23.